The number of benzene rings is 1. The summed E-state index contributed by atoms with van der Waals surface area (Å²) in [5.41, 5.74) is 3.91. The van der Waals surface area contributed by atoms with Gasteiger partial charge < -0.3 is 14.2 Å². The summed E-state index contributed by atoms with van der Waals surface area (Å²) in [6.07, 6.45) is 8.39. The molecule has 7 heteroatoms. The number of aliphatic imine (C=N–C) groups is 1. The largest absolute Gasteiger partial charge is 0.496 e. The Morgan fingerprint density at radius 1 is 1.34 bits per heavy atom. The number of nitrogens with zero attached hydrogens (tertiary/aromatic N) is 1. The summed E-state index contributed by atoms with van der Waals surface area (Å²) >= 11 is 0. The lowest BCUT2D eigenvalue weighted by Crippen LogP contribution is -2.16. The molecule has 1 aliphatic carbocycles. The normalized spacial score (nSPS) is 19.3. The zero-order chi connectivity index (χ0) is 21.0. The van der Waals surface area contributed by atoms with Gasteiger partial charge in [0.25, 0.3) is 0 Å². The summed E-state index contributed by atoms with van der Waals surface area (Å²) in [5.74, 6) is 0.0200. The van der Waals surface area contributed by atoms with Crippen LogP contribution >= 0.6 is 0 Å². The number of hydrogen-bond donors (Lipinski definition) is 0. The fourth-order valence-corrected chi connectivity index (χ4v) is 4.33. The van der Waals surface area contributed by atoms with Crippen LogP contribution in [0.4, 0.5) is 5.69 Å². The van der Waals surface area contributed by atoms with Crippen molar-refractivity contribution >= 4 is 23.7 Å². The first kappa shape index (κ1) is 20.8. The highest BCUT2D eigenvalue weighted by molar-refractivity contribution is 6.01. The van der Waals surface area contributed by atoms with E-state index in [9.17, 15) is 14.4 Å². The van der Waals surface area contributed by atoms with E-state index < -0.39 is 5.97 Å². The molecule has 0 aromatic heterocycles. The number of hydrogen-bond acceptors (Lipinski definition) is 7. The minimum atomic E-state index is -0.491. The van der Waals surface area contributed by atoms with E-state index >= 15 is 0 Å². The third-order valence-electron chi connectivity index (χ3n) is 5.81. The van der Waals surface area contributed by atoms with E-state index in [0.717, 1.165) is 31.2 Å². The zero-order valence-corrected chi connectivity index (χ0v) is 17.0. The van der Waals surface area contributed by atoms with Crippen LogP contribution in [-0.4, -0.2) is 32.2 Å². The predicted molar refractivity (Wildman–Crippen MR) is 105 cm³/mol. The molecule has 0 N–H and O–H groups in total. The topological polar surface area (TPSA) is 91.3 Å². The molecular formula is C22H25NO6. The van der Waals surface area contributed by atoms with Crippen LogP contribution in [0.2, 0.25) is 0 Å². The van der Waals surface area contributed by atoms with Gasteiger partial charge in [0.2, 0.25) is 6.08 Å². The number of carbonyl (C=O) groups excluding carboxylic acids is 3. The standard InChI is InChI=1S/C22H25NO6/c1-13-17-11-29-22(26)19(17)20(23-12-24)16(21(13)28-3)9-8-14-6-4-5-7-15(14)10-18(25)27-2/h8,15H,4-7,9-11H2,1-3H3/b14-8+. The number of esters is 2. The van der Waals surface area contributed by atoms with Gasteiger partial charge in [0, 0.05) is 11.1 Å². The van der Waals surface area contributed by atoms with E-state index in [0.29, 0.717) is 35.3 Å². The number of rotatable bonds is 6. The molecular weight excluding hydrogens is 374 g/mol. The molecule has 2 aliphatic rings. The lowest BCUT2D eigenvalue weighted by Gasteiger charge is -2.25. The Morgan fingerprint density at radius 2 is 2.14 bits per heavy atom. The molecule has 1 aromatic rings. The van der Waals surface area contributed by atoms with E-state index in [1.165, 1.54) is 12.7 Å². The summed E-state index contributed by atoms with van der Waals surface area (Å²) in [6, 6.07) is 0. The van der Waals surface area contributed by atoms with Crippen molar-refractivity contribution in [2.24, 2.45) is 10.9 Å². The number of isocyanates is 1. The summed E-state index contributed by atoms with van der Waals surface area (Å²) in [5, 5.41) is 0. The van der Waals surface area contributed by atoms with Crippen molar-refractivity contribution in [3.8, 4) is 5.75 Å². The molecule has 1 aliphatic heterocycles. The first-order chi connectivity index (χ1) is 14.0. The molecule has 7 nitrogen and oxygen atoms in total. The highest BCUT2D eigenvalue weighted by atomic mass is 16.5. The van der Waals surface area contributed by atoms with Gasteiger partial charge in [-0.15, -0.1) is 0 Å². The van der Waals surface area contributed by atoms with Crippen molar-refractivity contribution in [1.82, 2.24) is 0 Å². The maximum absolute atomic E-state index is 12.3. The maximum atomic E-state index is 12.3. The number of allylic oxidation sites excluding steroid dienone is 2. The third-order valence-corrected chi connectivity index (χ3v) is 5.81. The molecule has 0 spiro atoms. The molecule has 0 radical (unpaired) electrons. The lowest BCUT2D eigenvalue weighted by atomic mass is 9.81. The molecule has 0 saturated heterocycles. The lowest BCUT2D eigenvalue weighted by molar-refractivity contribution is -0.141. The summed E-state index contributed by atoms with van der Waals surface area (Å²) in [4.78, 5) is 38.9. The average molecular weight is 399 g/mol. The van der Waals surface area contributed by atoms with Gasteiger partial charge in [-0.1, -0.05) is 18.1 Å². The Hall–Kier alpha value is -2.92. The van der Waals surface area contributed by atoms with E-state index in [4.69, 9.17) is 14.2 Å². The van der Waals surface area contributed by atoms with Crippen molar-refractivity contribution < 1.29 is 28.6 Å². The first-order valence-corrected chi connectivity index (χ1v) is 9.74. The second-order valence-corrected chi connectivity index (χ2v) is 7.32. The van der Waals surface area contributed by atoms with Crippen LogP contribution in [0.1, 0.15) is 59.2 Å². The van der Waals surface area contributed by atoms with Crippen LogP contribution in [0.5, 0.6) is 5.75 Å². The molecule has 0 amide bonds. The molecule has 29 heavy (non-hydrogen) atoms. The number of ether oxygens (including phenoxy) is 3. The minimum absolute atomic E-state index is 0.139. The number of carbonyl (C=O) groups is 2. The monoisotopic (exact) mass is 399 g/mol. The van der Waals surface area contributed by atoms with E-state index in [1.54, 1.807) is 13.2 Å². The van der Waals surface area contributed by atoms with Gasteiger partial charge in [0.05, 0.1) is 31.9 Å². The number of methoxy groups -OCH3 is 2. The Labute approximate surface area is 169 Å². The summed E-state index contributed by atoms with van der Waals surface area (Å²) in [7, 11) is 2.95. The van der Waals surface area contributed by atoms with Gasteiger partial charge in [-0.25, -0.2) is 9.59 Å². The van der Waals surface area contributed by atoms with E-state index in [2.05, 4.69) is 11.1 Å². The fraction of sp³-hybridized carbons (Fsp3) is 0.500. The van der Waals surface area contributed by atoms with Gasteiger partial charge in [-0.05, 0) is 44.1 Å². The van der Waals surface area contributed by atoms with Crippen molar-refractivity contribution in [2.75, 3.05) is 14.2 Å². The van der Waals surface area contributed by atoms with Gasteiger partial charge in [0.15, 0.2) is 0 Å². The highest BCUT2D eigenvalue weighted by Gasteiger charge is 2.32. The molecule has 3 rings (SSSR count). The van der Waals surface area contributed by atoms with Crippen molar-refractivity contribution in [3.05, 3.63) is 33.9 Å². The molecule has 1 unspecified atom stereocenters. The summed E-state index contributed by atoms with van der Waals surface area (Å²) in [6.45, 7) is 2.01. The van der Waals surface area contributed by atoms with Gasteiger partial charge in [-0.3, -0.25) is 4.79 Å². The quantitative estimate of drug-likeness (QED) is 0.312. The highest BCUT2D eigenvalue weighted by Crippen LogP contribution is 2.43. The van der Waals surface area contributed by atoms with Crippen molar-refractivity contribution in [2.45, 2.75) is 52.1 Å². The first-order valence-electron chi connectivity index (χ1n) is 9.74. The van der Waals surface area contributed by atoms with Crippen LogP contribution in [-0.2, 0) is 32.1 Å². The average Bonchev–Trinajstić information content (AvgIpc) is 3.11. The summed E-state index contributed by atoms with van der Waals surface area (Å²) < 4.78 is 15.6. The molecule has 0 bridgehead atoms. The van der Waals surface area contributed by atoms with E-state index in [1.807, 2.05) is 6.92 Å². The van der Waals surface area contributed by atoms with Gasteiger partial charge in [-0.2, -0.15) is 4.99 Å². The Bertz CT molecular complexity index is 911. The smallest absolute Gasteiger partial charge is 0.341 e. The fourth-order valence-electron chi connectivity index (χ4n) is 4.33. The van der Waals surface area contributed by atoms with Crippen LogP contribution in [0, 0.1) is 12.8 Å². The SMILES string of the molecule is COC(=O)CC1CCCC/C1=C\Cc1c(N=C=O)c2c(c(C)c1OC)COC2=O. The maximum Gasteiger partial charge on any atom is 0.341 e. The molecule has 1 fully saturated rings. The van der Waals surface area contributed by atoms with Crippen molar-refractivity contribution in [3.63, 3.8) is 0 Å². The second kappa shape index (κ2) is 9.05. The van der Waals surface area contributed by atoms with Crippen LogP contribution < -0.4 is 4.74 Å². The molecule has 1 heterocycles. The molecule has 1 aromatic carbocycles. The Morgan fingerprint density at radius 3 is 2.83 bits per heavy atom. The van der Waals surface area contributed by atoms with Crippen molar-refractivity contribution in [1.29, 1.82) is 0 Å². The van der Waals surface area contributed by atoms with Gasteiger partial charge in [0.1, 0.15) is 12.4 Å². The number of cyclic esters (lactones) is 1. The minimum Gasteiger partial charge on any atom is -0.496 e. The van der Waals surface area contributed by atoms with E-state index in [-0.39, 0.29) is 24.2 Å². The van der Waals surface area contributed by atoms with Crippen LogP contribution in [0.3, 0.4) is 0 Å². The third kappa shape index (κ3) is 4.10. The molecule has 154 valence electrons. The zero-order valence-electron chi connectivity index (χ0n) is 17.0. The second-order valence-electron chi connectivity index (χ2n) is 7.32. The molecule has 1 atom stereocenters. The number of fused-ring (bicyclic) bond motifs is 1. The Balaban J connectivity index is 2.04. The van der Waals surface area contributed by atoms with Crippen LogP contribution in [0.15, 0.2) is 16.6 Å². The molecule has 1 saturated carbocycles. The van der Waals surface area contributed by atoms with Crippen LogP contribution in [0.25, 0.3) is 0 Å². The predicted octanol–water partition coefficient (Wildman–Crippen LogP) is 3.86. The Kier molecular flexibility index (Phi) is 6.49. The van der Waals surface area contributed by atoms with Gasteiger partial charge >= 0.3 is 11.9 Å².